The minimum atomic E-state index is -2.99. The van der Waals surface area contributed by atoms with Crippen molar-refractivity contribution in [2.45, 2.75) is 203 Å². The Kier molecular flexibility index (Phi) is 19.8. The molecule has 0 bridgehead atoms. The molecule has 0 aliphatic heterocycles. The number of hydrogen-bond donors (Lipinski definition) is 0. The molecule has 0 saturated heterocycles. The predicted octanol–water partition coefficient (Wildman–Crippen LogP) is 13.0. The van der Waals surface area contributed by atoms with E-state index in [1.165, 1.54) is 142 Å². The standard InChI is InChI=1S/C31H46NO4.3C4H9.Sn/c1-4-6-8-10-12-13-15-17-19-25(18-16-14-11-9-7-5-2)23-32-30(33)26-20-21-35-28(26)29-27(31(32)34)22-24(3)36-29;3*1-3-4-2;/h20,22,25H,4-19,23H2,1-3H3;3*1,3-4H2,2H3;. The van der Waals surface area contributed by atoms with E-state index in [4.69, 9.17) is 8.83 Å². The fourth-order valence-corrected chi connectivity index (χ4v) is 23.3. The van der Waals surface area contributed by atoms with Gasteiger partial charge in [0.05, 0.1) is 0 Å². The minimum absolute atomic E-state index is 0.176. The van der Waals surface area contributed by atoms with E-state index in [0.29, 0.717) is 40.2 Å². The molecule has 49 heavy (non-hydrogen) atoms. The van der Waals surface area contributed by atoms with Crippen LogP contribution in [0.5, 0.6) is 0 Å². The van der Waals surface area contributed by atoms with Crippen molar-refractivity contribution in [1.82, 2.24) is 4.57 Å². The quantitative estimate of drug-likeness (QED) is 0.0543. The first-order valence-electron chi connectivity index (χ1n) is 21.0. The van der Waals surface area contributed by atoms with E-state index in [0.717, 1.165) is 16.6 Å². The molecule has 1 atom stereocenters. The molecule has 1 unspecified atom stereocenters. The number of furan rings is 2. The zero-order valence-corrected chi connectivity index (χ0v) is 35.6. The summed E-state index contributed by atoms with van der Waals surface area (Å²) in [5.74, 6) is 1.01. The van der Waals surface area contributed by atoms with Gasteiger partial charge in [0.1, 0.15) is 0 Å². The summed E-state index contributed by atoms with van der Waals surface area (Å²) in [5, 5.41) is 1.06. The van der Waals surface area contributed by atoms with Gasteiger partial charge >= 0.3 is 252 Å². The van der Waals surface area contributed by atoms with Gasteiger partial charge < -0.3 is 0 Å². The third-order valence-electron chi connectivity index (χ3n) is 11.2. The summed E-state index contributed by atoms with van der Waals surface area (Å²) in [7, 11) is 0. The molecule has 0 aromatic carbocycles. The summed E-state index contributed by atoms with van der Waals surface area (Å²) in [5.41, 5.74) is 0.591. The van der Waals surface area contributed by atoms with E-state index < -0.39 is 18.4 Å². The Morgan fingerprint density at radius 3 is 1.43 bits per heavy atom. The topological polar surface area (TPSA) is 65.3 Å². The summed E-state index contributed by atoms with van der Waals surface area (Å²) >= 11 is -2.99. The van der Waals surface area contributed by atoms with Crippen LogP contribution in [-0.2, 0) is 6.54 Å². The van der Waals surface area contributed by atoms with Gasteiger partial charge in [-0.25, -0.2) is 0 Å². The van der Waals surface area contributed by atoms with Crippen LogP contribution in [0.1, 0.15) is 182 Å². The summed E-state index contributed by atoms with van der Waals surface area (Å²) < 4.78 is 19.6. The normalized spacial score (nSPS) is 12.9. The molecule has 3 rings (SSSR count). The van der Waals surface area contributed by atoms with Crippen molar-refractivity contribution >= 4 is 44.1 Å². The number of rotatable bonds is 28. The molecule has 278 valence electrons. The SMILES string of the molecule is CCCCCCCCCCC(CCCCCCCC)Cn1c(=O)c2cc(C)oc2c2o[c]([Sn]([CH2]CCC)([CH2]CCC)[CH2]CCC)cc2c1=O. The molecule has 3 heterocycles. The molecule has 5 nitrogen and oxygen atoms in total. The zero-order chi connectivity index (χ0) is 35.5. The Balaban J connectivity index is 2.02. The maximum atomic E-state index is 14.6. The van der Waals surface area contributed by atoms with Crippen LogP contribution in [-0.4, -0.2) is 22.9 Å². The van der Waals surface area contributed by atoms with Crippen LogP contribution in [0, 0.1) is 12.8 Å². The second kappa shape index (κ2) is 23.1. The molecule has 0 fully saturated rings. The second-order valence-electron chi connectivity index (χ2n) is 15.5. The van der Waals surface area contributed by atoms with Gasteiger partial charge in [-0.15, -0.1) is 0 Å². The third kappa shape index (κ3) is 12.6. The summed E-state index contributed by atoms with van der Waals surface area (Å²) in [4.78, 5) is 28.8. The molecule has 0 aliphatic rings. The first-order valence-corrected chi connectivity index (χ1v) is 28.4. The number of fused-ring (bicyclic) bond motifs is 3. The molecule has 0 radical (unpaired) electrons. The Morgan fingerprint density at radius 1 is 0.551 bits per heavy atom. The molecule has 3 aromatic heterocycles. The zero-order valence-electron chi connectivity index (χ0n) is 32.7. The van der Waals surface area contributed by atoms with E-state index in [-0.39, 0.29) is 11.1 Å². The average Bonchev–Trinajstić information content (AvgIpc) is 3.71. The fourth-order valence-electron chi connectivity index (χ4n) is 8.03. The van der Waals surface area contributed by atoms with Crippen LogP contribution in [0.3, 0.4) is 0 Å². The molecule has 3 aromatic rings. The van der Waals surface area contributed by atoms with Crippen molar-refractivity contribution in [2.24, 2.45) is 5.92 Å². The van der Waals surface area contributed by atoms with Crippen molar-refractivity contribution in [3.63, 3.8) is 0 Å². The van der Waals surface area contributed by atoms with Crippen molar-refractivity contribution in [3.8, 4) is 0 Å². The maximum absolute atomic E-state index is 14.6. The molecule has 0 spiro atoms. The van der Waals surface area contributed by atoms with E-state index in [9.17, 15) is 9.59 Å². The Bertz CT molecular complexity index is 1440. The molecule has 6 heteroatoms. The Morgan fingerprint density at radius 2 is 0.959 bits per heavy atom. The van der Waals surface area contributed by atoms with Gasteiger partial charge in [0, 0.05) is 0 Å². The Labute approximate surface area is 303 Å². The van der Waals surface area contributed by atoms with E-state index >= 15 is 0 Å². The fraction of sp³-hybridized carbons (Fsp3) is 0.767. The van der Waals surface area contributed by atoms with Crippen molar-refractivity contribution in [3.05, 3.63) is 38.6 Å². The van der Waals surface area contributed by atoms with Crippen molar-refractivity contribution < 1.29 is 8.83 Å². The molecule has 0 amide bonds. The van der Waals surface area contributed by atoms with Gasteiger partial charge in [0.2, 0.25) is 0 Å². The number of aromatic nitrogens is 1. The number of unbranched alkanes of at least 4 members (excludes halogenated alkanes) is 15. The van der Waals surface area contributed by atoms with E-state index in [1.54, 1.807) is 4.57 Å². The van der Waals surface area contributed by atoms with E-state index in [1.807, 2.05) is 13.0 Å². The van der Waals surface area contributed by atoms with Gasteiger partial charge in [-0.1, -0.05) is 52.4 Å². The summed E-state index contributed by atoms with van der Waals surface area (Å²) in [6, 6.07) is 3.95. The third-order valence-corrected chi connectivity index (χ3v) is 26.1. The first kappa shape index (κ1) is 41.9. The van der Waals surface area contributed by atoms with Gasteiger partial charge in [-0.05, 0) is 0 Å². The van der Waals surface area contributed by atoms with Crippen LogP contribution < -0.4 is 14.9 Å². The van der Waals surface area contributed by atoms with Crippen molar-refractivity contribution in [1.29, 1.82) is 0 Å². The molecule has 0 saturated carbocycles. The molecular formula is C43H73NO4Sn. The molecule has 0 N–H and O–H groups in total. The van der Waals surface area contributed by atoms with Crippen LogP contribution in [0.25, 0.3) is 21.9 Å². The Hall–Kier alpha value is -1.50. The van der Waals surface area contributed by atoms with Gasteiger partial charge in [-0.3, -0.25) is 0 Å². The molecular weight excluding hydrogens is 713 g/mol. The number of hydrogen-bond acceptors (Lipinski definition) is 4. The first-order chi connectivity index (χ1) is 23.8. The van der Waals surface area contributed by atoms with Gasteiger partial charge in [0.15, 0.2) is 0 Å². The summed E-state index contributed by atoms with van der Waals surface area (Å²) in [6.07, 6.45) is 27.2. The second-order valence-corrected chi connectivity index (χ2v) is 28.4. The van der Waals surface area contributed by atoms with E-state index in [2.05, 4.69) is 40.7 Å². The number of nitrogens with zero attached hydrogens (tertiary/aromatic N) is 1. The predicted molar refractivity (Wildman–Crippen MR) is 214 cm³/mol. The monoisotopic (exact) mass is 787 g/mol. The van der Waals surface area contributed by atoms with Crippen molar-refractivity contribution in [2.75, 3.05) is 0 Å². The van der Waals surface area contributed by atoms with Crippen LogP contribution in [0.2, 0.25) is 13.3 Å². The van der Waals surface area contributed by atoms with Gasteiger partial charge in [0.25, 0.3) is 0 Å². The summed E-state index contributed by atoms with van der Waals surface area (Å²) in [6.45, 7) is 13.8. The van der Waals surface area contributed by atoms with Gasteiger partial charge in [-0.2, -0.15) is 0 Å². The van der Waals surface area contributed by atoms with Crippen LogP contribution in [0.4, 0.5) is 0 Å². The molecule has 0 aliphatic carbocycles. The van der Waals surface area contributed by atoms with Crippen LogP contribution in [0.15, 0.2) is 30.6 Å². The average molecular weight is 787 g/mol. The van der Waals surface area contributed by atoms with Crippen LogP contribution >= 0.6 is 0 Å². The number of aryl methyl sites for hydroxylation is 1.